The number of hydrogen-bond acceptors (Lipinski definition) is 6. The van der Waals surface area contributed by atoms with Crippen molar-refractivity contribution in [3.63, 3.8) is 0 Å². The summed E-state index contributed by atoms with van der Waals surface area (Å²) in [6.07, 6.45) is 4.06. The summed E-state index contributed by atoms with van der Waals surface area (Å²) in [5, 5.41) is 1.20. The lowest BCUT2D eigenvalue weighted by Crippen LogP contribution is -2.50. The summed E-state index contributed by atoms with van der Waals surface area (Å²) in [6.45, 7) is 1.36. The van der Waals surface area contributed by atoms with E-state index >= 15 is 0 Å². The van der Waals surface area contributed by atoms with E-state index in [4.69, 9.17) is 0 Å². The number of aromatic amines is 1. The summed E-state index contributed by atoms with van der Waals surface area (Å²) in [5.41, 5.74) is 3.32. The molecule has 1 fully saturated rings. The average molecular weight is 470 g/mol. The van der Waals surface area contributed by atoms with Gasteiger partial charge in [-0.15, -0.1) is 0 Å². The van der Waals surface area contributed by atoms with Crippen molar-refractivity contribution in [1.29, 1.82) is 0 Å². The molecule has 0 atom stereocenters. The third kappa shape index (κ3) is 3.89. The predicted octanol–water partition coefficient (Wildman–Crippen LogP) is 3.03. The maximum Gasteiger partial charge on any atom is 0.245 e. The molecule has 5 rings (SSSR count). The van der Waals surface area contributed by atoms with E-state index in [9.17, 15) is 13.2 Å². The molecule has 0 spiro atoms. The Morgan fingerprint density at radius 3 is 2.69 bits per heavy atom. The van der Waals surface area contributed by atoms with Crippen molar-refractivity contribution in [3.8, 4) is 0 Å². The molecule has 2 aromatic heterocycles. The quantitative estimate of drug-likeness (QED) is 0.468. The Kier molecular flexibility index (Phi) is 5.66. The smallest absolute Gasteiger partial charge is 0.245 e. The minimum atomic E-state index is -3.68. The number of fused-ring (bicyclic) bond motifs is 2. The molecule has 1 aliphatic heterocycles. The maximum absolute atomic E-state index is 13.1. The van der Waals surface area contributed by atoms with E-state index in [0.29, 0.717) is 30.5 Å². The largest absolute Gasteiger partial charge is 0.361 e. The fraction of sp³-hybridized carbons (Fsp3) is 0.318. The third-order valence-corrected chi connectivity index (χ3v) is 8.44. The lowest BCUT2D eigenvalue weighted by atomic mass is 10.1. The van der Waals surface area contributed by atoms with Gasteiger partial charge in [-0.3, -0.25) is 4.79 Å². The lowest BCUT2D eigenvalue weighted by molar-refractivity contribution is -0.132. The lowest BCUT2D eigenvalue weighted by Gasteiger charge is -2.34. The molecule has 0 saturated carbocycles. The number of nitrogens with zero attached hydrogens (tertiary/aromatic N) is 4. The van der Waals surface area contributed by atoms with Gasteiger partial charge < -0.3 is 9.88 Å². The normalized spacial score (nSPS) is 15.6. The van der Waals surface area contributed by atoms with Gasteiger partial charge in [-0.25, -0.2) is 8.42 Å². The third-order valence-electron chi connectivity index (χ3n) is 5.97. The van der Waals surface area contributed by atoms with E-state index in [2.05, 4.69) is 19.8 Å². The van der Waals surface area contributed by atoms with Crippen LogP contribution in [0.15, 0.2) is 53.6 Å². The first-order chi connectivity index (χ1) is 15.5. The number of amides is 1. The first kappa shape index (κ1) is 21.0. The molecule has 0 bridgehead atoms. The second kappa shape index (κ2) is 8.61. The second-order valence-corrected chi connectivity index (χ2v) is 10.3. The first-order valence-corrected chi connectivity index (χ1v) is 12.8. The first-order valence-electron chi connectivity index (χ1n) is 10.6. The van der Waals surface area contributed by atoms with Gasteiger partial charge in [-0.2, -0.15) is 13.1 Å². The fourth-order valence-corrected chi connectivity index (χ4v) is 6.41. The van der Waals surface area contributed by atoms with Crippen molar-refractivity contribution in [2.45, 2.75) is 24.2 Å². The highest BCUT2D eigenvalue weighted by molar-refractivity contribution is 7.89. The minimum absolute atomic E-state index is 0.0766. The number of carbonyl (C=O) groups is 1. The highest BCUT2D eigenvalue weighted by Gasteiger charge is 2.31. The number of H-pyrrole nitrogens is 1. The van der Waals surface area contributed by atoms with Crippen LogP contribution in [0.25, 0.3) is 21.9 Å². The average Bonchev–Trinajstić information content (AvgIpc) is 3.46. The van der Waals surface area contributed by atoms with E-state index in [1.807, 2.05) is 24.4 Å². The van der Waals surface area contributed by atoms with Gasteiger partial charge in [-0.1, -0.05) is 24.3 Å². The van der Waals surface area contributed by atoms with Crippen LogP contribution < -0.4 is 0 Å². The van der Waals surface area contributed by atoms with Crippen LogP contribution in [0.1, 0.15) is 18.4 Å². The zero-order valence-electron chi connectivity index (χ0n) is 17.4. The second-order valence-electron chi connectivity index (χ2n) is 7.89. The number of piperazine rings is 1. The summed E-state index contributed by atoms with van der Waals surface area (Å²) in [5.74, 6) is 0.0766. The van der Waals surface area contributed by atoms with E-state index in [1.54, 1.807) is 23.1 Å². The van der Waals surface area contributed by atoms with Crippen molar-refractivity contribution < 1.29 is 13.2 Å². The number of nitrogens with one attached hydrogen (secondary N) is 1. The molecule has 4 aromatic rings. The monoisotopic (exact) mass is 469 g/mol. The number of aryl methyl sites for hydroxylation is 1. The molecule has 8 nitrogen and oxygen atoms in total. The van der Waals surface area contributed by atoms with Crippen LogP contribution in [-0.2, 0) is 21.2 Å². The molecule has 3 heterocycles. The molecule has 166 valence electrons. The molecule has 32 heavy (non-hydrogen) atoms. The molecule has 0 unspecified atom stereocenters. The van der Waals surface area contributed by atoms with Crippen LogP contribution in [-0.4, -0.2) is 63.4 Å². The van der Waals surface area contributed by atoms with Crippen molar-refractivity contribution in [2.24, 2.45) is 0 Å². The van der Waals surface area contributed by atoms with Gasteiger partial charge in [0.2, 0.25) is 15.9 Å². The Bertz CT molecular complexity index is 1370. The summed E-state index contributed by atoms with van der Waals surface area (Å²) < 4.78 is 36.0. The van der Waals surface area contributed by atoms with E-state index in [-0.39, 0.29) is 23.9 Å². The highest BCUT2D eigenvalue weighted by atomic mass is 32.2. The SMILES string of the molecule is O=C(CCCc1c[nH]c2ccccc12)N1CCN(S(=O)(=O)c2cccc3nsnc23)CC1. The van der Waals surface area contributed by atoms with Crippen LogP contribution in [0, 0.1) is 0 Å². The standard InChI is InChI=1S/C22H23N5O3S2/c28-21(10-3-5-16-15-23-18-7-2-1-6-17(16)18)26-11-13-27(14-12-26)32(29,30)20-9-4-8-19-22(20)25-31-24-19/h1-2,4,6-9,15,23H,3,5,10-14H2. The topological polar surface area (TPSA) is 99.3 Å². The molecule has 1 N–H and O–H groups in total. The predicted molar refractivity (Wildman–Crippen MR) is 124 cm³/mol. The summed E-state index contributed by atoms with van der Waals surface area (Å²) in [7, 11) is -3.68. The number of aromatic nitrogens is 3. The Morgan fingerprint density at radius 1 is 1.03 bits per heavy atom. The summed E-state index contributed by atoms with van der Waals surface area (Å²) >= 11 is 1.00. The number of benzene rings is 2. The Labute approximate surface area is 190 Å². The number of carbonyl (C=O) groups excluding carboxylic acids is 1. The fourth-order valence-electron chi connectivity index (χ4n) is 4.23. The van der Waals surface area contributed by atoms with E-state index in [0.717, 1.165) is 30.1 Å². The highest BCUT2D eigenvalue weighted by Crippen LogP contribution is 2.25. The van der Waals surface area contributed by atoms with Crippen LogP contribution in [0.3, 0.4) is 0 Å². The number of hydrogen-bond donors (Lipinski definition) is 1. The van der Waals surface area contributed by atoms with Gasteiger partial charge in [0.05, 0.1) is 11.7 Å². The van der Waals surface area contributed by atoms with Crippen LogP contribution in [0.5, 0.6) is 0 Å². The van der Waals surface area contributed by atoms with Crippen molar-refractivity contribution in [2.75, 3.05) is 26.2 Å². The number of sulfonamides is 1. The zero-order chi connectivity index (χ0) is 22.1. The molecule has 1 aliphatic rings. The molecular weight excluding hydrogens is 446 g/mol. The maximum atomic E-state index is 13.1. The van der Waals surface area contributed by atoms with Crippen molar-refractivity contribution in [3.05, 3.63) is 54.2 Å². The molecule has 0 radical (unpaired) electrons. The molecule has 1 amide bonds. The number of para-hydroxylation sites is 1. The Balaban J connectivity index is 1.17. The number of rotatable bonds is 6. The Hall–Kier alpha value is -2.82. The Morgan fingerprint density at radius 2 is 1.84 bits per heavy atom. The van der Waals surface area contributed by atoms with Gasteiger partial charge >= 0.3 is 0 Å². The minimum Gasteiger partial charge on any atom is -0.361 e. The molecule has 0 aliphatic carbocycles. The molecule has 1 saturated heterocycles. The summed E-state index contributed by atoms with van der Waals surface area (Å²) in [4.78, 5) is 17.9. The van der Waals surface area contributed by atoms with Gasteiger partial charge in [0, 0.05) is 49.7 Å². The zero-order valence-corrected chi connectivity index (χ0v) is 19.0. The van der Waals surface area contributed by atoms with E-state index < -0.39 is 10.0 Å². The van der Waals surface area contributed by atoms with Gasteiger partial charge in [0.15, 0.2) is 0 Å². The van der Waals surface area contributed by atoms with Crippen molar-refractivity contribution >= 4 is 49.6 Å². The van der Waals surface area contributed by atoms with Crippen LogP contribution in [0.2, 0.25) is 0 Å². The van der Waals surface area contributed by atoms with E-state index in [1.165, 1.54) is 15.3 Å². The molecule has 10 heteroatoms. The van der Waals surface area contributed by atoms with Gasteiger partial charge in [0.1, 0.15) is 15.9 Å². The molecule has 2 aromatic carbocycles. The van der Waals surface area contributed by atoms with Gasteiger partial charge in [-0.05, 0) is 36.6 Å². The van der Waals surface area contributed by atoms with Crippen LogP contribution >= 0.6 is 11.7 Å². The van der Waals surface area contributed by atoms with Gasteiger partial charge in [0.25, 0.3) is 0 Å². The van der Waals surface area contributed by atoms with Crippen LogP contribution in [0.4, 0.5) is 0 Å². The summed E-state index contributed by atoms with van der Waals surface area (Å²) in [6, 6.07) is 13.2. The van der Waals surface area contributed by atoms with Crippen molar-refractivity contribution in [1.82, 2.24) is 22.9 Å². The molecular formula is C22H23N5O3S2.